The van der Waals surface area contributed by atoms with Gasteiger partial charge in [-0.2, -0.15) is 0 Å². The summed E-state index contributed by atoms with van der Waals surface area (Å²) in [6.45, 7) is 4.41. The van der Waals surface area contributed by atoms with Crippen LogP contribution in [0.4, 0.5) is 0 Å². The first-order valence-electron chi connectivity index (χ1n) is 5.81. The number of hydrogen-bond donors (Lipinski definition) is 2. The Morgan fingerprint density at radius 3 is 2.83 bits per heavy atom. The molecule has 0 fully saturated rings. The van der Waals surface area contributed by atoms with E-state index in [1.165, 1.54) is 0 Å². The summed E-state index contributed by atoms with van der Waals surface area (Å²) in [5.74, 6) is 0.987. The molecule has 0 spiro atoms. The first-order valence-corrected chi connectivity index (χ1v) is 5.81. The van der Waals surface area contributed by atoms with Crippen molar-refractivity contribution in [3.05, 3.63) is 46.7 Å². The van der Waals surface area contributed by atoms with Crippen molar-refractivity contribution < 1.29 is 4.74 Å². The Hall–Kier alpha value is -2.23. The molecule has 4 N–H and O–H groups in total. The molecule has 1 aliphatic heterocycles. The number of para-hydroxylation sites is 1. The number of nitrogens with two attached hydrogens (primary N) is 2. The minimum Gasteiger partial charge on any atom is -0.488 e. The molecule has 0 saturated heterocycles. The Morgan fingerprint density at radius 2 is 2.17 bits per heavy atom. The second-order valence-electron chi connectivity index (χ2n) is 4.16. The predicted molar refractivity (Wildman–Crippen MR) is 74.2 cm³/mol. The lowest BCUT2D eigenvalue weighted by Crippen LogP contribution is -2.23. The monoisotopic (exact) mass is 243 g/mol. The number of aliphatic imine (C=N–C) groups is 1. The van der Waals surface area contributed by atoms with Gasteiger partial charge in [-0.25, -0.2) is 4.99 Å². The molecule has 0 aromatic heterocycles. The quantitative estimate of drug-likeness (QED) is 0.616. The van der Waals surface area contributed by atoms with E-state index in [4.69, 9.17) is 16.2 Å². The lowest BCUT2D eigenvalue weighted by molar-refractivity contribution is 0.346. The molecule has 18 heavy (non-hydrogen) atoms. The highest BCUT2D eigenvalue weighted by atomic mass is 16.5. The Balaban J connectivity index is 2.42. The Kier molecular flexibility index (Phi) is 3.37. The van der Waals surface area contributed by atoms with Crippen LogP contribution in [0.15, 0.2) is 40.5 Å². The molecule has 1 aliphatic rings. The molecule has 1 aromatic carbocycles. The molecule has 2 rings (SSSR count). The summed E-state index contributed by atoms with van der Waals surface area (Å²) in [7, 11) is 0. The summed E-state index contributed by atoms with van der Waals surface area (Å²) in [4.78, 5) is 4.10. The van der Waals surface area contributed by atoms with Gasteiger partial charge in [0.25, 0.3) is 0 Å². The lowest BCUT2D eigenvalue weighted by Gasteiger charge is -2.19. The standard InChI is InChI=1S/C14H17N3O/c1-3-12(17-14(15)16)11-7-10-6-4-5-9(2)13(10)18-8-11/h3-7H,8H2,1-2H3,(H4,15,16,17)/b12-3-. The first-order chi connectivity index (χ1) is 8.61. The van der Waals surface area contributed by atoms with Gasteiger partial charge in [0, 0.05) is 11.1 Å². The van der Waals surface area contributed by atoms with Crippen molar-refractivity contribution >= 4 is 12.0 Å². The Labute approximate surface area is 107 Å². The van der Waals surface area contributed by atoms with Crippen molar-refractivity contribution in [2.24, 2.45) is 16.5 Å². The van der Waals surface area contributed by atoms with Crippen LogP contribution in [0, 0.1) is 6.92 Å². The number of nitrogens with zero attached hydrogens (tertiary/aromatic N) is 1. The van der Waals surface area contributed by atoms with E-state index in [1.54, 1.807) is 0 Å². The first kappa shape index (κ1) is 12.2. The van der Waals surface area contributed by atoms with Crippen LogP contribution in [-0.2, 0) is 0 Å². The SMILES string of the molecule is C/C=C(\N=C(N)N)C1=Cc2cccc(C)c2OC1. The number of aryl methyl sites for hydroxylation is 1. The van der Waals surface area contributed by atoms with E-state index in [1.807, 2.05) is 38.1 Å². The van der Waals surface area contributed by atoms with Gasteiger partial charge < -0.3 is 16.2 Å². The maximum Gasteiger partial charge on any atom is 0.191 e. The maximum atomic E-state index is 5.77. The zero-order valence-electron chi connectivity index (χ0n) is 10.6. The normalized spacial score (nSPS) is 14.3. The number of hydrogen-bond acceptors (Lipinski definition) is 2. The molecule has 1 aromatic rings. The Bertz CT molecular complexity index is 552. The van der Waals surface area contributed by atoms with Crippen molar-refractivity contribution in [2.45, 2.75) is 13.8 Å². The highest BCUT2D eigenvalue weighted by molar-refractivity contribution is 5.78. The third-order valence-corrected chi connectivity index (χ3v) is 2.80. The van der Waals surface area contributed by atoms with E-state index in [2.05, 4.69) is 11.1 Å². The summed E-state index contributed by atoms with van der Waals surface area (Å²) >= 11 is 0. The van der Waals surface area contributed by atoms with Crippen LogP contribution in [0.5, 0.6) is 5.75 Å². The van der Waals surface area contributed by atoms with Gasteiger partial charge in [0.05, 0.1) is 5.70 Å². The van der Waals surface area contributed by atoms with Gasteiger partial charge in [0.2, 0.25) is 0 Å². The fraction of sp³-hybridized carbons (Fsp3) is 0.214. The summed E-state index contributed by atoms with van der Waals surface area (Å²) in [5.41, 5.74) is 14.7. The molecule has 0 atom stereocenters. The van der Waals surface area contributed by atoms with E-state index in [9.17, 15) is 0 Å². The van der Waals surface area contributed by atoms with Gasteiger partial charge in [-0.05, 0) is 25.5 Å². The summed E-state index contributed by atoms with van der Waals surface area (Å²) in [5, 5.41) is 0. The fourth-order valence-corrected chi connectivity index (χ4v) is 1.97. The van der Waals surface area contributed by atoms with Gasteiger partial charge in [0.15, 0.2) is 5.96 Å². The molecule has 0 radical (unpaired) electrons. The lowest BCUT2D eigenvalue weighted by atomic mass is 10.0. The molecule has 0 unspecified atom stereocenters. The molecule has 0 bridgehead atoms. The van der Waals surface area contributed by atoms with Crippen LogP contribution in [0.25, 0.3) is 6.08 Å². The van der Waals surface area contributed by atoms with E-state index >= 15 is 0 Å². The van der Waals surface area contributed by atoms with E-state index in [0.29, 0.717) is 6.61 Å². The number of fused-ring (bicyclic) bond motifs is 1. The van der Waals surface area contributed by atoms with E-state index < -0.39 is 0 Å². The molecule has 0 saturated carbocycles. The second kappa shape index (κ2) is 4.96. The van der Waals surface area contributed by atoms with E-state index in [0.717, 1.165) is 28.1 Å². The van der Waals surface area contributed by atoms with Crippen LogP contribution < -0.4 is 16.2 Å². The fourth-order valence-electron chi connectivity index (χ4n) is 1.97. The molecule has 4 nitrogen and oxygen atoms in total. The number of ether oxygens (including phenoxy) is 1. The van der Waals surface area contributed by atoms with Crippen molar-refractivity contribution in [2.75, 3.05) is 6.61 Å². The molecular formula is C14H17N3O. The molecule has 94 valence electrons. The van der Waals surface area contributed by atoms with Gasteiger partial charge in [-0.1, -0.05) is 24.3 Å². The third-order valence-electron chi connectivity index (χ3n) is 2.80. The summed E-state index contributed by atoms with van der Waals surface area (Å²) in [6.07, 6.45) is 3.93. The number of guanidine groups is 1. The third kappa shape index (κ3) is 2.37. The predicted octanol–water partition coefficient (Wildman–Crippen LogP) is 1.95. The number of allylic oxidation sites excluding steroid dienone is 1. The van der Waals surface area contributed by atoms with Crippen LogP contribution in [0.1, 0.15) is 18.1 Å². The largest absolute Gasteiger partial charge is 0.488 e. The number of benzene rings is 1. The van der Waals surface area contributed by atoms with Gasteiger partial charge in [-0.15, -0.1) is 0 Å². The van der Waals surface area contributed by atoms with Gasteiger partial charge in [-0.3, -0.25) is 0 Å². The van der Waals surface area contributed by atoms with Crippen molar-refractivity contribution in [1.29, 1.82) is 0 Å². The number of rotatable bonds is 2. The molecule has 0 amide bonds. The molecule has 0 aliphatic carbocycles. The molecular weight excluding hydrogens is 226 g/mol. The topological polar surface area (TPSA) is 73.6 Å². The van der Waals surface area contributed by atoms with E-state index in [-0.39, 0.29) is 5.96 Å². The molecule has 1 heterocycles. The minimum absolute atomic E-state index is 0.0547. The average Bonchev–Trinajstić information content (AvgIpc) is 2.35. The highest BCUT2D eigenvalue weighted by Crippen LogP contribution is 2.31. The zero-order chi connectivity index (χ0) is 13.1. The van der Waals surface area contributed by atoms with Crippen LogP contribution in [-0.4, -0.2) is 12.6 Å². The maximum absolute atomic E-state index is 5.77. The minimum atomic E-state index is 0.0547. The smallest absolute Gasteiger partial charge is 0.191 e. The summed E-state index contributed by atoms with van der Waals surface area (Å²) in [6, 6.07) is 6.06. The van der Waals surface area contributed by atoms with Crippen LogP contribution >= 0.6 is 0 Å². The molecule has 4 heteroatoms. The average molecular weight is 243 g/mol. The van der Waals surface area contributed by atoms with Crippen molar-refractivity contribution in [1.82, 2.24) is 0 Å². The van der Waals surface area contributed by atoms with Crippen LogP contribution in [0.2, 0.25) is 0 Å². The van der Waals surface area contributed by atoms with Crippen molar-refractivity contribution in [3.8, 4) is 5.75 Å². The van der Waals surface area contributed by atoms with Crippen LogP contribution in [0.3, 0.4) is 0 Å². The Morgan fingerprint density at radius 1 is 1.39 bits per heavy atom. The zero-order valence-corrected chi connectivity index (χ0v) is 10.6. The van der Waals surface area contributed by atoms with Gasteiger partial charge in [0.1, 0.15) is 12.4 Å². The highest BCUT2D eigenvalue weighted by Gasteiger charge is 2.15. The van der Waals surface area contributed by atoms with Gasteiger partial charge >= 0.3 is 0 Å². The van der Waals surface area contributed by atoms with Crippen molar-refractivity contribution in [3.63, 3.8) is 0 Å². The second-order valence-corrected chi connectivity index (χ2v) is 4.16. The summed E-state index contributed by atoms with van der Waals surface area (Å²) < 4.78 is 5.77.